The number of nitrogens with zero attached hydrogens (tertiary/aromatic N) is 4. The first kappa shape index (κ1) is 17.8. The van der Waals surface area contributed by atoms with E-state index in [-0.39, 0.29) is 30.0 Å². The highest BCUT2D eigenvalue weighted by atomic mass is 32.1. The molecule has 3 heterocycles. The van der Waals surface area contributed by atoms with Crippen molar-refractivity contribution in [1.82, 2.24) is 19.2 Å². The number of rotatable bonds is 5. The molecular formula is C19H14N4O4S. The number of ether oxygens (including phenoxy) is 1. The Hall–Kier alpha value is -3.59. The topological polar surface area (TPSA) is 95.6 Å². The highest BCUT2D eigenvalue weighted by molar-refractivity contribution is 7.15. The summed E-state index contributed by atoms with van der Waals surface area (Å²) in [7, 11) is 0. The summed E-state index contributed by atoms with van der Waals surface area (Å²) in [4.78, 5) is 41.1. The Morgan fingerprint density at radius 1 is 1.07 bits per heavy atom. The van der Waals surface area contributed by atoms with Gasteiger partial charge in [-0.3, -0.25) is 14.0 Å². The van der Waals surface area contributed by atoms with Gasteiger partial charge in [0.2, 0.25) is 0 Å². The van der Waals surface area contributed by atoms with Gasteiger partial charge in [0.15, 0.2) is 10.7 Å². The van der Waals surface area contributed by atoms with Crippen LogP contribution in [0, 0.1) is 0 Å². The molecule has 8 nitrogen and oxygen atoms in total. The second-order valence-electron chi connectivity index (χ2n) is 5.92. The van der Waals surface area contributed by atoms with Crippen LogP contribution < -0.4 is 11.1 Å². The van der Waals surface area contributed by atoms with E-state index in [4.69, 9.17) is 4.74 Å². The smallest absolute Gasteiger partial charge is 0.359 e. The number of esters is 1. The first-order valence-electron chi connectivity index (χ1n) is 8.35. The minimum atomic E-state index is -0.699. The summed E-state index contributed by atoms with van der Waals surface area (Å²) in [6, 6.07) is 13.2. The quantitative estimate of drug-likeness (QED) is 0.478. The Morgan fingerprint density at radius 2 is 1.89 bits per heavy atom. The fourth-order valence-corrected chi connectivity index (χ4v) is 3.34. The number of hydrogen-bond acceptors (Lipinski definition) is 7. The Balaban J connectivity index is 1.50. The number of fused-ring (bicyclic) bond motifs is 1. The first-order chi connectivity index (χ1) is 13.6. The van der Waals surface area contributed by atoms with Crippen molar-refractivity contribution >= 4 is 22.3 Å². The molecule has 1 aromatic carbocycles. The van der Waals surface area contributed by atoms with E-state index in [1.807, 2.05) is 30.3 Å². The zero-order chi connectivity index (χ0) is 19.5. The van der Waals surface area contributed by atoms with E-state index >= 15 is 0 Å². The van der Waals surface area contributed by atoms with Gasteiger partial charge in [0.25, 0.3) is 11.1 Å². The minimum Gasteiger partial charge on any atom is -0.454 e. The highest BCUT2D eigenvalue weighted by Crippen LogP contribution is 2.08. The van der Waals surface area contributed by atoms with Gasteiger partial charge in [0.05, 0.1) is 12.2 Å². The maximum atomic E-state index is 12.3. The predicted molar refractivity (Wildman–Crippen MR) is 102 cm³/mol. The average molecular weight is 394 g/mol. The van der Waals surface area contributed by atoms with E-state index in [0.717, 1.165) is 5.56 Å². The molecule has 0 spiro atoms. The molecule has 4 rings (SSSR count). The monoisotopic (exact) mass is 394 g/mol. The maximum Gasteiger partial charge on any atom is 0.359 e. The number of carbonyl (C=O) groups excluding carboxylic acids is 1. The SMILES string of the molecule is O=C(OCc1cc(=O)n2ccsc2n1)c1ccc(=O)n(Cc2ccccc2)n1. The van der Waals surface area contributed by atoms with Crippen LogP contribution in [-0.2, 0) is 17.9 Å². The number of thiazole rings is 1. The Bertz CT molecular complexity index is 1260. The molecule has 0 radical (unpaired) electrons. The van der Waals surface area contributed by atoms with Gasteiger partial charge >= 0.3 is 5.97 Å². The number of hydrogen-bond donors (Lipinski definition) is 0. The summed E-state index contributed by atoms with van der Waals surface area (Å²) < 4.78 is 7.83. The van der Waals surface area contributed by atoms with Gasteiger partial charge in [-0.25, -0.2) is 14.5 Å². The lowest BCUT2D eigenvalue weighted by molar-refractivity contribution is 0.0457. The van der Waals surface area contributed by atoms with Crippen molar-refractivity contribution in [2.45, 2.75) is 13.2 Å². The van der Waals surface area contributed by atoms with Crippen LogP contribution in [0.4, 0.5) is 0 Å². The van der Waals surface area contributed by atoms with E-state index in [2.05, 4.69) is 10.1 Å². The van der Waals surface area contributed by atoms with Crippen LogP contribution in [-0.4, -0.2) is 25.1 Å². The molecule has 0 aliphatic rings. The molecule has 4 aromatic rings. The van der Waals surface area contributed by atoms with Crippen molar-refractivity contribution < 1.29 is 9.53 Å². The van der Waals surface area contributed by atoms with Gasteiger partial charge in [-0.2, -0.15) is 5.10 Å². The molecule has 0 unspecified atom stereocenters. The largest absolute Gasteiger partial charge is 0.454 e. The molecule has 0 saturated heterocycles. The van der Waals surface area contributed by atoms with Crippen LogP contribution in [0.15, 0.2) is 69.7 Å². The summed E-state index contributed by atoms with van der Waals surface area (Å²) in [5.41, 5.74) is 0.671. The minimum absolute atomic E-state index is 0.00412. The number of benzene rings is 1. The Morgan fingerprint density at radius 3 is 2.71 bits per heavy atom. The molecule has 0 atom stereocenters. The lowest BCUT2D eigenvalue weighted by Crippen LogP contribution is -2.25. The van der Waals surface area contributed by atoms with Gasteiger partial charge in [-0.15, -0.1) is 11.3 Å². The molecule has 28 heavy (non-hydrogen) atoms. The Labute approximate surface area is 162 Å². The van der Waals surface area contributed by atoms with Crippen molar-refractivity contribution in [2.24, 2.45) is 0 Å². The van der Waals surface area contributed by atoms with Gasteiger partial charge in [0.1, 0.15) is 6.61 Å². The molecule has 0 aliphatic heterocycles. The summed E-state index contributed by atoms with van der Waals surface area (Å²) in [6.07, 6.45) is 1.63. The van der Waals surface area contributed by atoms with E-state index < -0.39 is 5.97 Å². The number of carbonyl (C=O) groups is 1. The molecule has 0 saturated carbocycles. The molecule has 0 aliphatic carbocycles. The van der Waals surface area contributed by atoms with Crippen LogP contribution >= 0.6 is 11.3 Å². The molecule has 9 heteroatoms. The number of aromatic nitrogens is 4. The van der Waals surface area contributed by atoms with E-state index in [0.29, 0.717) is 10.7 Å². The summed E-state index contributed by atoms with van der Waals surface area (Å²) in [5, 5.41) is 5.83. The van der Waals surface area contributed by atoms with Crippen molar-refractivity contribution in [2.75, 3.05) is 0 Å². The van der Waals surface area contributed by atoms with Gasteiger partial charge < -0.3 is 4.74 Å². The molecule has 0 bridgehead atoms. The van der Waals surface area contributed by atoms with Crippen molar-refractivity contribution in [3.63, 3.8) is 0 Å². The summed E-state index contributed by atoms with van der Waals surface area (Å²) in [5.74, 6) is -0.699. The van der Waals surface area contributed by atoms with Crippen LogP contribution in [0.1, 0.15) is 21.7 Å². The fourth-order valence-electron chi connectivity index (χ4n) is 2.60. The van der Waals surface area contributed by atoms with Crippen molar-refractivity contribution in [3.05, 3.63) is 97.8 Å². The van der Waals surface area contributed by atoms with Crippen LogP contribution in [0.25, 0.3) is 4.96 Å². The van der Waals surface area contributed by atoms with E-state index in [1.165, 1.54) is 38.6 Å². The maximum absolute atomic E-state index is 12.3. The summed E-state index contributed by atoms with van der Waals surface area (Å²) >= 11 is 1.31. The standard InChI is InChI=1S/C19H14N4O4S/c24-16-7-6-15(21-23(16)11-13-4-2-1-3-5-13)18(26)27-12-14-10-17(25)22-8-9-28-19(22)20-14/h1-10H,11-12H2. The van der Waals surface area contributed by atoms with Crippen LogP contribution in [0.2, 0.25) is 0 Å². The predicted octanol–water partition coefficient (Wildman–Crippen LogP) is 1.72. The molecule has 3 aromatic heterocycles. The Kier molecular flexibility index (Phi) is 4.81. The molecule has 0 N–H and O–H groups in total. The fraction of sp³-hybridized carbons (Fsp3) is 0.105. The summed E-state index contributed by atoms with van der Waals surface area (Å²) in [6.45, 7) is 0.0795. The lowest BCUT2D eigenvalue weighted by Gasteiger charge is -2.07. The van der Waals surface area contributed by atoms with E-state index in [9.17, 15) is 14.4 Å². The van der Waals surface area contributed by atoms with Gasteiger partial charge in [0, 0.05) is 23.7 Å². The molecule has 0 amide bonds. The van der Waals surface area contributed by atoms with E-state index in [1.54, 1.807) is 11.6 Å². The normalized spacial score (nSPS) is 10.9. The lowest BCUT2D eigenvalue weighted by atomic mass is 10.2. The van der Waals surface area contributed by atoms with Crippen LogP contribution in [0.5, 0.6) is 0 Å². The average Bonchev–Trinajstić information content (AvgIpc) is 3.18. The molecule has 0 fully saturated rings. The third kappa shape index (κ3) is 3.74. The second kappa shape index (κ2) is 7.57. The first-order valence-corrected chi connectivity index (χ1v) is 9.23. The van der Waals surface area contributed by atoms with Gasteiger partial charge in [-0.1, -0.05) is 30.3 Å². The zero-order valence-corrected chi connectivity index (χ0v) is 15.3. The molecule has 140 valence electrons. The van der Waals surface area contributed by atoms with Crippen molar-refractivity contribution in [3.8, 4) is 0 Å². The third-order valence-electron chi connectivity index (χ3n) is 3.96. The zero-order valence-electron chi connectivity index (χ0n) is 14.5. The molecular weight excluding hydrogens is 380 g/mol. The highest BCUT2D eigenvalue weighted by Gasteiger charge is 2.13. The van der Waals surface area contributed by atoms with Gasteiger partial charge in [-0.05, 0) is 11.6 Å². The second-order valence-corrected chi connectivity index (χ2v) is 6.79. The van der Waals surface area contributed by atoms with Crippen molar-refractivity contribution in [1.29, 1.82) is 0 Å². The third-order valence-corrected chi connectivity index (χ3v) is 4.71. The van der Waals surface area contributed by atoms with Crippen LogP contribution in [0.3, 0.4) is 0 Å².